The van der Waals surface area contributed by atoms with Crippen LogP contribution in [-0.2, 0) is 6.54 Å². The summed E-state index contributed by atoms with van der Waals surface area (Å²) in [6.45, 7) is 12.7. The van der Waals surface area contributed by atoms with E-state index in [1.165, 1.54) is 22.2 Å². The fourth-order valence-corrected chi connectivity index (χ4v) is 4.66. The van der Waals surface area contributed by atoms with E-state index in [9.17, 15) is 0 Å². The van der Waals surface area contributed by atoms with E-state index in [2.05, 4.69) is 65.3 Å². The van der Waals surface area contributed by atoms with Crippen LogP contribution in [0.5, 0.6) is 0 Å². The Hall–Kier alpha value is 0.100. The van der Waals surface area contributed by atoms with Crippen LogP contribution in [0, 0.1) is 5.92 Å². The number of nitrogens with zero attached hydrogens (tertiary/aromatic N) is 1. The van der Waals surface area contributed by atoms with Crippen LogP contribution in [-0.4, -0.2) is 29.6 Å². The maximum absolute atomic E-state index is 3.79. The van der Waals surface area contributed by atoms with Gasteiger partial charge >= 0.3 is 0 Å². The number of halogens is 1. The standard InChI is InChI=1S/C16H27BrN2S/c1-5-16(6-2)11-18-14(12(3)4)9-19(16)10-15-13(17)7-8-20-15/h7-8,12,14,18H,5-6,9-11H2,1-4H3. The molecule has 1 N–H and O–H groups in total. The van der Waals surface area contributed by atoms with E-state index in [4.69, 9.17) is 0 Å². The molecule has 2 nitrogen and oxygen atoms in total. The van der Waals surface area contributed by atoms with Gasteiger partial charge in [0.1, 0.15) is 0 Å². The third kappa shape index (κ3) is 3.29. The first kappa shape index (κ1) is 16.5. The fraction of sp³-hybridized carbons (Fsp3) is 0.750. The van der Waals surface area contributed by atoms with Gasteiger partial charge in [0.05, 0.1) is 0 Å². The average Bonchev–Trinajstić information content (AvgIpc) is 2.84. The molecule has 1 unspecified atom stereocenters. The van der Waals surface area contributed by atoms with Crippen molar-refractivity contribution in [1.29, 1.82) is 0 Å². The summed E-state index contributed by atoms with van der Waals surface area (Å²) in [5.74, 6) is 0.691. The minimum Gasteiger partial charge on any atom is -0.311 e. The highest BCUT2D eigenvalue weighted by Crippen LogP contribution is 2.33. The molecule has 0 saturated carbocycles. The van der Waals surface area contributed by atoms with Gasteiger partial charge in [-0.25, -0.2) is 0 Å². The molecule has 4 heteroatoms. The van der Waals surface area contributed by atoms with Crippen LogP contribution in [0.1, 0.15) is 45.4 Å². The molecule has 1 aliphatic heterocycles. The summed E-state index contributed by atoms with van der Waals surface area (Å²) in [5, 5.41) is 5.97. The van der Waals surface area contributed by atoms with Crippen molar-refractivity contribution in [2.75, 3.05) is 13.1 Å². The number of hydrogen-bond donors (Lipinski definition) is 1. The first-order valence-electron chi connectivity index (χ1n) is 7.72. The summed E-state index contributed by atoms with van der Waals surface area (Å²) < 4.78 is 1.27. The fourth-order valence-electron chi connectivity index (χ4n) is 3.17. The number of thiophene rings is 1. The summed E-state index contributed by atoms with van der Waals surface area (Å²) in [6, 6.07) is 2.78. The quantitative estimate of drug-likeness (QED) is 0.833. The first-order valence-corrected chi connectivity index (χ1v) is 9.40. The van der Waals surface area contributed by atoms with E-state index in [0.717, 1.165) is 19.6 Å². The maximum atomic E-state index is 3.79. The molecule has 0 bridgehead atoms. The summed E-state index contributed by atoms with van der Waals surface area (Å²) in [4.78, 5) is 4.19. The molecule has 1 fully saturated rings. The van der Waals surface area contributed by atoms with Crippen molar-refractivity contribution in [3.63, 3.8) is 0 Å². The van der Waals surface area contributed by atoms with Crippen LogP contribution in [0.4, 0.5) is 0 Å². The largest absolute Gasteiger partial charge is 0.311 e. The van der Waals surface area contributed by atoms with Gasteiger partial charge in [-0.05, 0) is 46.1 Å². The Kier molecular flexibility index (Phi) is 5.69. The van der Waals surface area contributed by atoms with Gasteiger partial charge in [-0.1, -0.05) is 27.7 Å². The van der Waals surface area contributed by atoms with Crippen molar-refractivity contribution >= 4 is 27.3 Å². The summed E-state index contributed by atoms with van der Waals surface area (Å²) >= 11 is 5.55. The Morgan fingerprint density at radius 2 is 2.15 bits per heavy atom. The smallest absolute Gasteiger partial charge is 0.0346 e. The predicted octanol–water partition coefficient (Wildman–Crippen LogP) is 4.50. The Morgan fingerprint density at radius 1 is 1.45 bits per heavy atom. The van der Waals surface area contributed by atoms with Crippen molar-refractivity contribution < 1.29 is 0 Å². The summed E-state index contributed by atoms with van der Waals surface area (Å²) in [6.07, 6.45) is 2.43. The normalized spacial score (nSPS) is 23.4. The lowest BCUT2D eigenvalue weighted by Crippen LogP contribution is -2.64. The van der Waals surface area contributed by atoms with Gasteiger partial charge in [0.2, 0.25) is 0 Å². The Balaban J connectivity index is 2.19. The van der Waals surface area contributed by atoms with Crippen molar-refractivity contribution in [2.45, 2.75) is 58.7 Å². The second-order valence-electron chi connectivity index (χ2n) is 6.24. The van der Waals surface area contributed by atoms with E-state index in [1.807, 2.05) is 11.3 Å². The molecule has 2 rings (SSSR count). The second kappa shape index (κ2) is 6.91. The van der Waals surface area contributed by atoms with Crippen LogP contribution in [0.15, 0.2) is 15.9 Å². The van der Waals surface area contributed by atoms with Crippen molar-refractivity contribution in [2.24, 2.45) is 5.92 Å². The van der Waals surface area contributed by atoms with E-state index in [1.54, 1.807) is 0 Å². The van der Waals surface area contributed by atoms with E-state index < -0.39 is 0 Å². The van der Waals surface area contributed by atoms with Gasteiger partial charge < -0.3 is 5.32 Å². The van der Waals surface area contributed by atoms with Gasteiger partial charge in [-0.15, -0.1) is 11.3 Å². The van der Waals surface area contributed by atoms with Crippen molar-refractivity contribution in [3.8, 4) is 0 Å². The molecule has 0 aliphatic carbocycles. The molecule has 114 valence electrons. The van der Waals surface area contributed by atoms with Gasteiger partial charge in [0.15, 0.2) is 0 Å². The lowest BCUT2D eigenvalue weighted by atomic mass is 9.85. The summed E-state index contributed by atoms with van der Waals surface area (Å²) in [7, 11) is 0. The molecule has 1 aromatic heterocycles. The molecular weight excluding hydrogens is 332 g/mol. The monoisotopic (exact) mass is 358 g/mol. The first-order chi connectivity index (χ1) is 9.52. The minimum absolute atomic E-state index is 0.314. The molecule has 20 heavy (non-hydrogen) atoms. The third-order valence-electron chi connectivity index (χ3n) is 4.93. The highest BCUT2D eigenvalue weighted by molar-refractivity contribution is 9.10. The predicted molar refractivity (Wildman–Crippen MR) is 92.4 cm³/mol. The van der Waals surface area contributed by atoms with Gasteiger partial charge in [0, 0.05) is 40.6 Å². The van der Waals surface area contributed by atoms with E-state index in [0.29, 0.717) is 17.5 Å². The third-order valence-corrected chi connectivity index (χ3v) is 6.84. The zero-order valence-corrected chi connectivity index (χ0v) is 15.5. The van der Waals surface area contributed by atoms with Crippen molar-refractivity contribution in [3.05, 3.63) is 20.8 Å². The molecule has 0 aromatic carbocycles. The summed E-state index contributed by atoms with van der Waals surface area (Å²) in [5.41, 5.74) is 0.314. The Bertz CT molecular complexity index is 426. The van der Waals surface area contributed by atoms with Crippen LogP contribution in [0.3, 0.4) is 0 Å². The lowest BCUT2D eigenvalue weighted by molar-refractivity contribution is 0.0162. The second-order valence-corrected chi connectivity index (χ2v) is 8.09. The molecule has 0 spiro atoms. The zero-order valence-electron chi connectivity index (χ0n) is 13.1. The van der Waals surface area contributed by atoms with Crippen LogP contribution >= 0.6 is 27.3 Å². The van der Waals surface area contributed by atoms with Gasteiger partial charge in [0.25, 0.3) is 0 Å². The highest BCUT2D eigenvalue weighted by atomic mass is 79.9. The molecular formula is C16H27BrN2S. The van der Waals surface area contributed by atoms with Crippen molar-refractivity contribution in [1.82, 2.24) is 10.2 Å². The topological polar surface area (TPSA) is 15.3 Å². The lowest BCUT2D eigenvalue weighted by Gasteiger charge is -2.50. The molecule has 1 saturated heterocycles. The van der Waals surface area contributed by atoms with Crippen LogP contribution < -0.4 is 5.32 Å². The molecule has 1 aromatic rings. The van der Waals surface area contributed by atoms with E-state index >= 15 is 0 Å². The number of piperazine rings is 1. The molecule has 1 aliphatic rings. The number of rotatable bonds is 5. The van der Waals surface area contributed by atoms with Gasteiger partial charge in [-0.2, -0.15) is 0 Å². The number of hydrogen-bond acceptors (Lipinski definition) is 3. The molecule has 1 atom stereocenters. The zero-order chi connectivity index (χ0) is 14.8. The minimum atomic E-state index is 0.314. The Morgan fingerprint density at radius 3 is 2.65 bits per heavy atom. The van der Waals surface area contributed by atoms with Crippen LogP contribution in [0.2, 0.25) is 0 Å². The molecule has 0 amide bonds. The van der Waals surface area contributed by atoms with Gasteiger partial charge in [-0.3, -0.25) is 4.90 Å². The SMILES string of the molecule is CCC1(CC)CNC(C(C)C)CN1Cc1sccc1Br. The number of nitrogens with one attached hydrogen (secondary N) is 1. The highest BCUT2D eigenvalue weighted by Gasteiger charge is 2.39. The van der Waals surface area contributed by atoms with E-state index in [-0.39, 0.29) is 0 Å². The molecule has 0 radical (unpaired) electrons. The maximum Gasteiger partial charge on any atom is 0.0346 e. The molecule has 2 heterocycles. The van der Waals surface area contributed by atoms with Crippen LogP contribution in [0.25, 0.3) is 0 Å². The Labute approximate surface area is 136 Å². The average molecular weight is 359 g/mol.